The highest BCUT2D eigenvalue weighted by Gasteiger charge is 2.14. The Morgan fingerprint density at radius 3 is 0.741 bits per heavy atom. The topological polar surface area (TPSA) is 186 Å². The van der Waals surface area contributed by atoms with E-state index in [1.807, 2.05) is 0 Å². The number of rotatable bonds is 5. The lowest BCUT2D eigenvalue weighted by Crippen LogP contribution is -2.07. The molecule has 0 saturated heterocycles. The van der Waals surface area contributed by atoms with E-state index in [0.29, 0.717) is 0 Å². The van der Waals surface area contributed by atoms with Gasteiger partial charge in [0.05, 0.1) is 27.8 Å². The molecule has 0 fully saturated rings. The summed E-state index contributed by atoms with van der Waals surface area (Å²) in [5.41, 5.74) is -0.938. The molecule has 0 radical (unpaired) electrons. The van der Waals surface area contributed by atoms with E-state index >= 15 is 0 Å². The Morgan fingerprint density at radius 2 is 0.593 bits per heavy atom. The molecule has 0 amide bonds. The first-order valence-electron chi connectivity index (χ1n) is 6.94. The Labute approximate surface area is 150 Å². The van der Waals surface area contributed by atoms with Crippen LogP contribution in [0.25, 0.3) is 0 Å². The summed E-state index contributed by atoms with van der Waals surface area (Å²) in [5, 5.41) is 42.8. The second kappa shape index (κ2) is 8.76. The summed E-state index contributed by atoms with van der Waals surface area (Å²) in [5.74, 6) is -6.25. The van der Waals surface area contributed by atoms with Crippen molar-refractivity contribution in [3.8, 4) is 0 Å². The molecule has 10 heteroatoms. The van der Waals surface area contributed by atoms with Gasteiger partial charge in [-0.05, 0) is 42.5 Å². The molecule has 0 saturated carbocycles. The van der Waals surface area contributed by atoms with Gasteiger partial charge in [0.15, 0.2) is 0 Å². The van der Waals surface area contributed by atoms with E-state index in [2.05, 4.69) is 0 Å². The highest BCUT2D eigenvalue weighted by Crippen LogP contribution is 2.11. The number of carbonyl (C=O) groups is 5. The number of aromatic carboxylic acids is 5. The Hall–Kier alpha value is -4.21. The van der Waals surface area contributed by atoms with Crippen LogP contribution in [-0.4, -0.2) is 55.4 Å². The van der Waals surface area contributed by atoms with E-state index in [1.165, 1.54) is 24.3 Å². The molecule has 140 valence electrons. The average molecular weight is 376 g/mol. The molecule has 5 N–H and O–H groups in total. The van der Waals surface area contributed by atoms with Gasteiger partial charge in [-0.1, -0.05) is 0 Å². The van der Waals surface area contributed by atoms with Crippen molar-refractivity contribution in [2.75, 3.05) is 0 Å². The molecule has 2 rings (SSSR count). The van der Waals surface area contributed by atoms with Crippen LogP contribution in [0.4, 0.5) is 0 Å². The maximum Gasteiger partial charge on any atom is 0.335 e. The second-order valence-electron chi connectivity index (χ2n) is 4.90. The van der Waals surface area contributed by atoms with Crippen molar-refractivity contribution in [1.82, 2.24) is 0 Å². The smallest absolute Gasteiger partial charge is 0.335 e. The highest BCUT2D eigenvalue weighted by atomic mass is 16.4. The Kier molecular flexibility index (Phi) is 6.76. The van der Waals surface area contributed by atoms with Gasteiger partial charge in [0.1, 0.15) is 0 Å². The highest BCUT2D eigenvalue weighted by molar-refractivity contribution is 5.99. The van der Waals surface area contributed by atoms with Gasteiger partial charge in [-0.25, -0.2) is 24.0 Å². The largest absolute Gasteiger partial charge is 0.478 e. The summed E-state index contributed by atoms with van der Waals surface area (Å²) in [6.07, 6.45) is 0. The van der Waals surface area contributed by atoms with Crippen LogP contribution in [0.5, 0.6) is 0 Å². The van der Waals surface area contributed by atoms with Gasteiger partial charge in [0, 0.05) is 0 Å². The van der Waals surface area contributed by atoms with Crippen molar-refractivity contribution in [1.29, 1.82) is 0 Å². The zero-order valence-corrected chi connectivity index (χ0v) is 13.3. The summed E-state index contributed by atoms with van der Waals surface area (Å²) in [6, 6.07) is 7.72. The van der Waals surface area contributed by atoms with Crippen molar-refractivity contribution < 1.29 is 49.5 Å². The van der Waals surface area contributed by atoms with Crippen LogP contribution in [0.1, 0.15) is 51.8 Å². The zero-order valence-electron chi connectivity index (χ0n) is 13.3. The molecule has 0 bridgehead atoms. The molecule has 0 heterocycles. The molecule has 0 spiro atoms. The molecule has 2 aromatic rings. The fourth-order valence-electron chi connectivity index (χ4n) is 1.75. The summed E-state index contributed by atoms with van der Waals surface area (Å²) in [6.45, 7) is 0. The van der Waals surface area contributed by atoms with Crippen LogP contribution in [0.3, 0.4) is 0 Å². The van der Waals surface area contributed by atoms with Gasteiger partial charge in [0.2, 0.25) is 0 Å². The number of hydrogen-bond donors (Lipinski definition) is 5. The summed E-state index contributed by atoms with van der Waals surface area (Å²) < 4.78 is 0. The predicted octanol–water partition coefficient (Wildman–Crippen LogP) is 1.86. The van der Waals surface area contributed by atoms with Gasteiger partial charge in [-0.15, -0.1) is 0 Å². The lowest BCUT2D eigenvalue weighted by atomic mass is 10.1. The van der Waals surface area contributed by atoms with E-state index in [4.69, 9.17) is 25.5 Å². The SMILES string of the molecule is O=C(O)c1cc(C(=O)O)cc(C(=O)O)c1.O=C(O)c1ccc(C(=O)O)cc1. The monoisotopic (exact) mass is 376 g/mol. The molecule has 10 nitrogen and oxygen atoms in total. The lowest BCUT2D eigenvalue weighted by Gasteiger charge is -2.00. The minimum atomic E-state index is -1.37. The van der Waals surface area contributed by atoms with Gasteiger partial charge >= 0.3 is 29.8 Å². The van der Waals surface area contributed by atoms with E-state index < -0.39 is 29.8 Å². The van der Waals surface area contributed by atoms with E-state index in [1.54, 1.807) is 0 Å². The molecule has 27 heavy (non-hydrogen) atoms. The molecule has 0 atom stereocenters. The third-order valence-electron chi connectivity index (χ3n) is 3.05. The molecular formula is C17H12O10. The first-order chi connectivity index (χ1) is 12.5. The third kappa shape index (κ3) is 5.98. The first-order valence-corrected chi connectivity index (χ1v) is 6.94. The minimum absolute atomic E-state index is 0.0833. The minimum Gasteiger partial charge on any atom is -0.478 e. The molecule has 0 aliphatic heterocycles. The first kappa shape index (κ1) is 20.8. The van der Waals surface area contributed by atoms with Gasteiger partial charge in [-0.3, -0.25) is 0 Å². The van der Waals surface area contributed by atoms with Gasteiger partial charge in [0.25, 0.3) is 0 Å². The number of hydrogen-bond acceptors (Lipinski definition) is 5. The zero-order chi connectivity index (χ0) is 20.7. The molecule has 2 aromatic carbocycles. The van der Waals surface area contributed by atoms with Crippen LogP contribution in [0.2, 0.25) is 0 Å². The van der Waals surface area contributed by atoms with E-state index in [9.17, 15) is 24.0 Å². The van der Waals surface area contributed by atoms with Crippen molar-refractivity contribution in [2.45, 2.75) is 0 Å². The predicted molar refractivity (Wildman–Crippen MR) is 87.7 cm³/mol. The molecule has 0 aliphatic carbocycles. The van der Waals surface area contributed by atoms with Crippen LogP contribution < -0.4 is 0 Å². The van der Waals surface area contributed by atoms with E-state index in [-0.39, 0.29) is 27.8 Å². The molecular weight excluding hydrogens is 364 g/mol. The Bertz CT molecular complexity index is 800. The maximum atomic E-state index is 10.6. The maximum absolute atomic E-state index is 10.6. The summed E-state index contributed by atoms with van der Waals surface area (Å²) >= 11 is 0. The summed E-state index contributed by atoms with van der Waals surface area (Å²) in [4.78, 5) is 52.4. The van der Waals surface area contributed by atoms with Crippen LogP contribution in [0, 0.1) is 0 Å². The quantitative estimate of drug-likeness (QED) is 0.515. The fraction of sp³-hybridized carbons (Fsp3) is 0. The Morgan fingerprint density at radius 1 is 0.407 bits per heavy atom. The Balaban J connectivity index is 0.000000277. The van der Waals surface area contributed by atoms with Crippen molar-refractivity contribution in [3.05, 3.63) is 70.3 Å². The standard InChI is InChI=1S/C9H6O6.C8H6O4/c10-7(11)4-1-5(8(12)13)3-6(2-4)9(14)15;9-7(10)5-1-2-6(4-3-5)8(11)12/h1-3H,(H,10,11)(H,12,13)(H,14,15);1-4H,(H,9,10)(H,11,12). The van der Waals surface area contributed by atoms with E-state index in [0.717, 1.165) is 18.2 Å². The third-order valence-corrected chi connectivity index (χ3v) is 3.05. The van der Waals surface area contributed by atoms with Crippen LogP contribution in [0.15, 0.2) is 42.5 Å². The van der Waals surface area contributed by atoms with Crippen molar-refractivity contribution in [2.24, 2.45) is 0 Å². The number of carboxylic acids is 5. The van der Waals surface area contributed by atoms with Crippen molar-refractivity contribution >= 4 is 29.8 Å². The number of benzene rings is 2. The van der Waals surface area contributed by atoms with Crippen molar-refractivity contribution in [3.63, 3.8) is 0 Å². The van der Waals surface area contributed by atoms with Gasteiger partial charge in [-0.2, -0.15) is 0 Å². The van der Waals surface area contributed by atoms with Crippen LogP contribution in [-0.2, 0) is 0 Å². The molecule has 0 aliphatic rings. The number of carboxylic acid groups (broad SMARTS) is 5. The fourth-order valence-corrected chi connectivity index (χ4v) is 1.75. The normalized spacial score (nSPS) is 9.48. The second-order valence-corrected chi connectivity index (χ2v) is 4.90. The summed E-state index contributed by atoms with van der Waals surface area (Å²) in [7, 11) is 0. The lowest BCUT2D eigenvalue weighted by molar-refractivity contribution is 0.0678. The molecule has 0 aromatic heterocycles. The van der Waals surface area contributed by atoms with Gasteiger partial charge < -0.3 is 25.5 Å². The van der Waals surface area contributed by atoms with Crippen LogP contribution >= 0.6 is 0 Å². The molecule has 0 unspecified atom stereocenters. The average Bonchev–Trinajstić information content (AvgIpc) is 2.61.